The number of hydrogen-bond acceptors (Lipinski definition) is 8. The third kappa shape index (κ3) is 8.41. The van der Waals surface area contributed by atoms with Crippen molar-refractivity contribution in [1.82, 2.24) is 39.5 Å². The van der Waals surface area contributed by atoms with Gasteiger partial charge in [-0.3, -0.25) is 4.57 Å². The number of aromatic nitrogens is 8. The van der Waals surface area contributed by atoms with E-state index in [9.17, 15) is 0 Å². The van der Waals surface area contributed by atoms with Gasteiger partial charge in [0.25, 0.3) is 0 Å². The van der Waals surface area contributed by atoms with Gasteiger partial charge in [0.15, 0.2) is 0 Å². The fourth-order valence-electron chi connectivity index (χ4n) is 4.10. The van der Waals surface area contributed by atoms with E-state index < -0.39 is 0 Å². The maximum Gasteiger partial charge on any atom is 0.235 e. The molecule has 11 heteroatoms. The summed E-state index contributed by atoms with van der Waals surface area (Å²) in [5, 5.41) is 17.7. The van der Waals surface area contributed by atoms with Crippen LogP contribution in [0.15, 0.2) is 25.0 Å². The van der Waals surface area contributed by atoms with Gasteiger partial charge in [-0.25, -0.2) is 29.9 Å². The number of aliphatic hydroxyl groups excluding tert-OH is 2. The van der Waals surface area contributed by atoms with E-state index >= 15 is 0 Å². The van der Waals surface area contributed by atoms with Gasteiger partial charge in [0.2, 0.25) is 11.2 Å². The van der Waals surface area contributed by atoms with Crippen LogP contribution in [0.1, 0.15) is 84.8 Å². The number of rotatable bonds is 5. The number of nitrogens with zero attached hydrogens (tertiary/aromatic N) is 7. The molecule has 4 heterocycles. The summed E-state index contributed by atoms with van der Waals surface area (Å²) < 4.78 is 1.73. The molecule has 0 aliphatic rings. The van der Waals surface area contributed by atoms with Gasteiger partial charge < -0.3 is 15.2 Å². The van der Waals surface area contributed by atoms with Gasteiger partial charge in [0, 0.05) is 29.0 Å². The minimum atomic E-state index is -0.0744. The predicted molar refractivity (Wildman–Crippen MR) is 144 cm³/mol. The van der Waals surface area contributed by atoms with Crippen molar-refractivity contribution >= 4 is 11.6 Å². The van der Waals surface area contributed by atoms with Crippen LogP contribution in [0.5, 0.6) is 0 Å². The lowest BCUT2D eigenvalue weighted by atomic mass is 10.0. The number of aryl methyl sites for hydroxylation is 4. The maximum atomic E-state index is 9.01. The molecule has 0 fully saturated rings. The number of H-pyrrole nitrogens is 1. The largest absolute Gasteiger partial charge is 0.390 e. The van der Waals surface area contributed by atoms with E-state index in [1.807, 2.05) is 27.7 Å². The van der Waals surface area contributed by atoms with Crippen LogP contribution >= 0.6 is 11.6 Å². The lowest BCUT2D eigenvalue weighted by molar-refractivity contribution is 0.277. The van der Waals surface area contributed by atoms with E-state index in [2.05, 4.69) is 62.6 Å². The molecule has 4 aromatic rings. The second-order valence-electron chi connectivity index (χ2n) is 9.16. The Morgan fingerprint density at radius 1 is 0.838 bits per heavy atom. The van der Waals surface area contributed by atoms with Crippen LogP contribution in [-0.4, -0.2) is 49.7 Å². The second-order valence-corrected chi connectivity index (χ2v) is 9.50. The highest BCUT2D eigenvalue weighted by Gasteiger charge is 2.13. The van der Waals surface area contributed by atoms with Crippen molar-refractivity contribution in [3.8, 4) is 5.95 Å². The van der Waals surface area contributed by atoms with Gasteiger partial charge in [0.05, 0.1) is 37.1 Å². The zero-order chi connectivity index (χ0) is 27.7. The molecule has 4 rings (SSSR count). The van der Waals surface area contributed by atoms with Crippen molar-refractivity contribution in [2.45, 2.75) is 80.4 Å². The Labute approximate surface area is 223 Å². The molecule has 3 N–H and O–H groups in total. The summed E-state index contributed by atoms with van der Waals surface area (Å²) in [5.41, 5.74) is 7.73. The summed E-state index contributed by atoms with van der Waals surface area (Å²) in [4.78, 5) is 27.7. The molecule has 37 heavy (non-hydrogen) atoms. The quantitative estimate of drug-likeness (QED) is 0.318. The molecule has 0 atom stereocenters. The van der Waals surface area contributed by atoms with Crippen molar-refractivity contribution in [2.24, 2.45) is 0 Å². The minimum absolute atomic E-state index is 0.0417. The number of aliphatic hydroxyl groups is 2. The number of hydrogen-bond donors (Lipinski definition) is 3. The normalized spacial score (nSPS) is 10.7. The molecule has 200 valence electrons. The summed E-state index contributed by atoms with van der Waals surface area (Å²) in [7, 11) is 0. The van der Waals surface area contributed by atoms with Crippen molar-refractivity contribution in [2.75, 3.05) is 0 Å². The van der Waals surface area contributed by atoms with Crippen LogP contribution in [0.4, 0.5) is 0 Å². The Morgan fingerprint density at radius 3 is 1.70 bits per heavy atom. The van der Waals surface area contributed by atoms with Crippen molar-refractivity contribution in [3.63, 3.8) is 0 Å². The fraction of sp³-hybridized carbons (Fsp3) is 0.462. The van der Waals surface area contributed by atoms with Crippen LogP contribution in [-0.2, 0) is 13.2 Å². The van der Waals surface area contributed by atoms with Crippen molar-refractivity contribution in [1.29, 1.82) is 0 Å². The minimum Gasteiger partial charge on any atom is -0.390 e. The first-order valence-corrected chi connectivity index (χ1v) is 12.4. The molecule has 0 aliphatic carbocycles. The van der Waals surface area contributed by atoms with Crippen LogP contribution in [0.3, 0.4) is 0 Å². The summed E-state index contributed by atoms with van der Waals surface area (Å²) >= 11 is 5.70. The van der Waals surface area contributed by atoms with Crippen molar-refractivity contribution < 1.29 is 10.2 Å². The third-order valence-electron chi connectivity index (χ3n) is 5.52. The van der Waals surface area contributed by atoms with Crippen molar-refractivity contribution in [3.05, 3.63) is 75.6 Å². The monoisotopic (exact) mass is 528 g/mol. The molecule has 0 saturated carbocycles. The Kier molecular flexibility index (Phi) is 11.3. The van der Waals surface area contributed by atoms with Crippen LogP contribution in [0.25, 0.3) is 5.95 Å². The average molecular weight is 529 g/mol. The molecule has 0 amide bonds. The molecule has 0 aliphatic heterocycles. The van der Waals surface area contributed by atoms with E-state index in [4.69, 9.17) is 21.8 Å². The van der Waals surface area contributed by atoms with Crippen LogP contribution in [0.2, 0.25) is 5.28 Å². The number of aromatic amines is 1. The summed E-state index contributed by atoms with van der Waals surface area (Å²) in [6.45, 7) is 16.4. The summed E-state index contributed by atoms with van der Waals surface area (Å²) in [5.74, 6) is 1.47. The first kappa shape index (κ1) is 30.0. The standard InChI is InChI=1S/C13H18N4O.C9H13ClN2.C4H6N2O/c1-8(2)12-9(3)15-13(16-10(12)4)17-5-11(6-18)14-7-17;1-5(2)8-6(3)11-9(10)12-7(8)4;7-2-4-1-5-3-6-4/h5,7-8,18H,6H2,1-4H3;5H,1-4H3;1,3,7H,2H2,(H,5,6). The highest BCUT2D eigenvalue weighted by atomic mass is 35.5. The van der Waals surface area contributed by atoms with E-state index in [1.165, 1.54) is 17.5 Å². The molecular formula is C26H37ClN8O2. The second kappa shape index (κ2) is 13.9. The number of nitrogens with one attached hydrogen (secondary N) is 1. The summed E-state index contributed by atoms with van der Waals surface area (Å²) in [6.07, 6.45) is 6.48. The highest BCUT2D eigenvalue weighted by molar-refractivity contribution is 6.28. The zero-order valence-corrected chi connectivity index (χ0v) is 23.5. The van der Waals surface area contributed by atoms with Gasteiger partial charge in [0.1, 0.15) is 6.33 Å². The lowest BCUT2D eigenvalue weighted by Crippen LogP contribution is -2.07. The van der Waals surface area contributed by atoms with Gasteiger partial charge in [-0.2, -0.15) is 0 Å². The third-order valence-corrected chi connectivity index (χ3v) is 5.69. The van der Waals surface area contributed by atoms with E-state index in [0.717, 1.165) is 28.5 Å². The van der Waals surface area contributed by atoms with Gasteiger partial charge >= 0.3 is 0 Å². The summed E-state index contributed by atoms with van der Waals surface area (Å²) in [6, 6.07) is 0. The average Bonchev–Trinajstić information content (AvgIpc) is 3.50. The van der Waals surface area contributed by atoms with Gasteiger partial charge in [-0.15, -0.1) is 0 Å². The molecule has 10 nitrogen and oxygen atoms in total. The SMILES string of the molecule is Cc1nc(-n2cnc(CO)c2)nc(C)c1C(C)C.Cc1nc(Cl)nc(C)c1C(C)C.OCc1cnc[nH]1. The van der Waals surface area contributed by atoms with Gasteiger partial charge in [-0.05, 0) is 62.3 Å². The molecular weight excluding hydrogens is 492 g/mol. The molecule has 4 aromatic heterocycles. The number of imidazole rings is 2. The Morgan fingerprint density at radius 2 is 1.35 bits per heavy atom. The van der Waals surface area contributed by atoms with E-state index in [1.54, 1.807) is 23.3 Å². The molecule has 0 radical (unpaired) electrons. The lowest BCUT2D eigenvalue weighted by Gasteiger charge is -2.13. The molecule has 0 aromatic carbocycles. The maximum absolute atomic E-state index is 9.01. The molecule has 0 bridgehead atoms. The zero-order valence-electron chi connectivity index (χ0n) is 22.8. The van der Waals surface area contributed by atoms with Crippen LogP contribution < -0.4 is 0 Å². The first-order valence-electron chi connectivity index (χ1n) is 12.1. The molecule has 0 spiro atoms. The smallest absolute Gasteiger partial charge is 0.235 e. The van der Waals surface area contributed by atoms with Crippen LogP contribution in [0, 0.1) is 27.7 Å². The Balaban J connectivity index is 0.000000217. The topological polar surface area (TPSA) is 139 Å². The molecule has 0 saturated heterocycles. The number of halogens is 1. The van der Waals surface area contributed by atoms with E-state index in [0.29, 0.717) is 28.8 Å². The fourth-order valence-corrected chi connectivity index (χ4v) is 4.36. The Hall–Kier alpha value is -3.21. The Bertz CT molecular complexity index is 1220. The highest BCUT2D eigenvalue weighted by Crippen LogP contribution is 2.22. The van der Waals surface area contributed by atoms with Gasteiger partial charge in [-0.1, -0.05) is 27.7 Å². The molecule has 0 unspecified atom stereocenters. The first-order chi connectivity index (χ1) is 17.5. The van der Waals surface area contributed by atoms with E-state index in [-0.39, 0.29) is 13.2 Å². The predicted octanol–water partition coefficient (Wildman–Crippen LogP) is 4.67.